The molecule has 2 heterocycles. The average Bonchev–Trinajstić information content (AvgIpc) is 3.17. The molecule has 1 atom stereocenters. The molecule has 2 aromatic rings. The molecular weight excluding hydrogens is 270 g/mol. The van der Waals surface area contributed by atoms with Crippen molar-refractivity contribution in [1.82, 2.24) is 14.5 Å². The van der Waals surface area contributed by atoms with E-state index in [9.17, 15) is 9.59 Å². The molecule has 0 spiro atoms. The number of benzene rings is 1. The fourth-order valence-electron chi connectivity index (χ4n) is 2.56. The van der Waals surface area contributed by atoms with Gasteiger partial charge in [0.25, 0.3) is 5.91 Å². The number of likely N-dealkylation sites (tertiary alicyclic amines) is 1. The number of para-hydroxylation sites is 1. The number of carbonyl (C=O) groups excluding carboxylic acids is 1. The Labute approximate surface area is 121 Å². The van der Waals surface area contributed by atoms with Crippen molar-refractivity contribution in [3.63, 3.8) is 0 Å². The zero-order valence-electron chi connectivity index (χ0n) is 11.3. The van der Waals surface area contributed by atoms with E-state index in [1.165, 1.54) is 6.20 Å². The summed E-state index contributed by atoms with van der Waals surface area (Å²) in [6, 6.07) is 9.46. The van der Waals surface area contributed by atoms with Gasteiger partial charge in [-0.05, 0) is 18.6 Å². The monoisotopic (exact) mass is 285 g/mol. The lowest BCUT2D eigenvalue weighted by Gasteiger charge is -2.16. The molecule has 1 aliphatic rings. The van der Waals surface area contributed by atoms with Crippen molar-refractivity contribution in [1.29, 1.82) is 0 Å². The van der Waals surface area contributed by atoms with Gasteiger partial charge in [0, 0.05) is 18.8 Å². The van der Waals surface area contributed by atoms with Crippen LogP contribution in [0, 0.1) is 5.92 Å². The Morgan fingerprint density at radius 1 is 1.24 bits per heavy atom. The molecule has 6 nitrogen and oxygen atoms in total. The minimum Gasteiger partial charge on any atom is -0.481 e. The fourth-order valence-corrected chi connectivity index (χ4v) is 2.56. The zero-order chi connectivity index (χ0) is 14.8. The standard InChI is InChI=1S/C15H15N3O3/c19-14(17-7-6-11(9-17)15(20)21)13-8-16-10-18(13)12-4-2-1-3-5-12/h1-5,8,10-11H,6-7,9H2,(H,20,21). The predicted molar refractivity (Wildman–Crippen MR) is 75.2 cm³/mol. The molecule has 0 saturated carbocycles. The molecule has 1 unspecified atom stereocenters. The molecular formula is C15H15N3O3. The van der Waals surface area contributed by atoms with Crippen LogP contribution in [-0.2, 0) is 4.79 Å². The van der Waals surface area contributed by atoms with Crippen molar-refractivity contribution in [2.75, 3.05) is 13.1 Å². The molecule has 1 aromatic heterocycles. The van der Waals surface area contributed by atoms with Crippen molar-refractivity contribution in [2.45, 2.75) is 6.42 Å². The first-order valence-corrected chi connectivity index (χ1v) is 6.76. The largest absolute Gasteiger partial charge is 0.481 e. The van der Waals surface area contributed by atoms with E-state index in [1.54, 1.807) is 15.8 Å². The molecule has 1 fully saturated rings. The van der Waals surface area contributed by atoms with Gasteiger partial charge in [-0.1, -0.05) is 18.2 Å². The molecule has 21 heavy (non-hydrogen) atoms. The summed E-state index contributed by atoms with van der Waals surface area (Å²) in [5.41, 5.74) is 1.31. The van der Waals surface area contributed by atoms with Crippen LogP contribution in [0.2, 0.25) is 0 Å². The quantitative estimate of drug-likeness (QED) is 0.925. The van der Waals surface area contributed by atoms with Gasteiger partial charge in [-0.3, -0.25) is 14.2 Å². The van der Waals surface area contributed by atoms with Crippen LogP contribution in [0.3, 0.4) is 0 Å². The molecule has 6 heteroatoms. The van der Waals surface area contributed by atoms with Gasteiger partial charge in [-0.15, -0.1) is 0 Å². The van der Waals surface area contributed by atoms with E-state index in [0.29, 0.717) is 18.7 Å². The number of hydrogen-bond acceptors (Lipinski definition) is 3. The maximum absolute atomic E-state index is 12.5. The highest BCUT2D eigenvalue weighted by Crippen LogP contribution is 2.20. The number of amides is 1. The lowest BCUT2D eigenvalue weighted by atomic mass is 10.1. The van der Waals surface area contributed by atoms with Crippen LogP contribution in [0.5, 0.6) is 0 Å². The smallest absolute Gasteiger partial charge is 0.308 e. The van der Waals surface area contributed by atoms with Crippen LogP contribution in [0.15, 0.2) is 42.9 Å². The highest BCUT2D eigenvalue weighted by Gasteiger charge is 2.32. The topological polar surface area (TPSA) is 75.4 Å². The van der Waals surface area contributed by atoms with Crippen LogP contribution < -0.4 is 0 Å². The van der Waals surface area contributed by atoms with Crippen molar-refractivity contribution < 1.29 is 14.7 Å². The fraction of sp³-hybridized carbons (Fsp3) is 0.267. The maximum atomic E-state index is 12.5. The molecule has 1 aliphatic heterocycles. The zero-order valence-corrected chi connectivity index (χ0v) is 11.3. The first-order chi connectivity index (χ1) is 10.2. The molecule has 3 rings (SSSR count). The Morgan fingerprint density at radius 3 is 2.67 bits per heavy atom. The molecule has 1 saturated heterocycles. The van der Waals surface area contributed by atoms with E-state index < -0.39 is 11.9 Å². The van der Waals surface area contributed by atoms with Crippen molar-refractivity contribution in [2.24, 2.45) is 5.92 Å². The molecule has 0 aliphatic carbocycles. The summed E-state index contributed by atoms with van der Waals surface area (Å²) in [6.07, 6.45) is 3.61. The normalized spacial score (nSPS) is 17.9. The Hall–Kier alpha value is -2.63. The second-order valence-corrected chi connectivity index (χ2v) is 5.06. The van der Waals surface area contributed by atoms with Crippen molar-refractivity contribution in [3.05, 3.63) is 48.5 Å². The predicted octanol–water partition coefficient (Wildman–Crippen LogP) is 1.42. The Kier molecular flexibility index (Phi) is 3.43. The number of carbonyl (C=O) groups is 2. The summed E-state index contributed by atoms with van der Waals surface area (Å²) in [5.74, 6) is -1.50. The maximum Gasteiger partial charge on any atom is 0.308 e. The first-order valence-electron chi connectivity index (χ1n) is 6.76. The van der Waals surface area contributed by atoms with Gasteiger partial charge in [0.2, 0.25) is 0 Å². The SMILES string of the molecule is O=C(O)C1CCN(C(=O)c2cncn2-c2ccccc2)C1. The minimum absolute atomic E-state index is 0.180. The average molecular weight is 285 g/mol. The van der Waals surface area contributed by atoms with E-state index in [4.69, 9.17) is 5.11 Å². The molecule has 1 N–H and O–H groups in total. The number of carboxylic acid groups (broad SMARTS) is 1. The van der Waals surface area contributed by atoms with Gasteiger partial charge < -0.3 is 10.0 Å². The van der Waals surface area contributed by atoms with Gasteiger partial charge >= 0.3 is 5.97 Å². The van der Waals surface area contributed by atoms with E-state index in [0.717, 1.165) is 5.69 Å². The Bertz CT molecular complexity index is 666. The summed E-state index contributed by atoms with van der Waals surface area (Å²) in [4.78, 5) is 29.2. The molecule has 108 valence electrons. The van der Waals surface area contributed by atoms with Crippen molar-refractivity contribution in [3.8, 4) is 5.69 Å². The van der Waals surface area contributed by atoms with E-state index in [-0.39, 0.29) is 12.5 Å². The summed E-state index contributed by atoms with van der Waals surface area (Å²) in [5, 5.41) is 9.02. The lowest BCUT2D eigenvalue weighted by Crippen LogP contribution is -2.31. The summed E-state index contributed by atoms with van der Waals surface area (Å²) >= 11 is 0. The third-order valence-corrected chi connectivity index (χ3v) is 3.72. The van der Waals surface area contributed by atoms with Gasteiger partial charge in [-0.2, -0.15) is 0 Å². The highest BCUT2D eigenvalue weighted by atomic mass is 16.4. The van der Waals surface area contributed by atoms with Gasteiger partial charge in [0.1, 0.15) is 5.69 Å². The number of imidazole rings is 1. The van der Waals surface area contributed by atoms with E-state index >= 15 is 0 Å². The highest BCUT2D eigenvalue weighted by molar-refractivity contribution is 5.93. The second-order valence-electron chi connectivity index (χ2n) is 5.06. The number of hydrogen-bond donors (Lipinski definition) is 1. The first kappa shape index (κ1) is 13.4. The van der Waals surface area contributed by atoms with Crippen LogP contribution in [0.25, 0.3) is 5.69 Å². The third kappa shape index (κ3) is 2.52. The number of rotatable bonds is 3. The second kappa shape index (κ2) is 5.40. The Balaban J connectivity index is 1.84. The lowest BCUT2D eigenvalue weighted by molar-refractivity contribution is -0.141. The summed E-state index contributed by atoms with van der Waals surface area (Å²) in [7, 11) is 0. The molecule has 0 radical (unpaired) electrons. The number of carboxylic acids is 1. The van der Waals surface area contributed by atoms with Gasteiger partial charge in [0.15, 0.2) is 0 Å². The van der Waals surface area contributed by atoms with Crippen LogP contribution >= 0.6 is 0 Å². The van der Waals surface area contributed by atoms with Crippen molar-refractivity contribution >= 4 is 11.9 Å². The molecule has 1 amide bonds. The number of aromatic nitrogens is 2. The Morgan fingerprint density at radius 2 is 2.00 bits per heavy atom. The minimum atomic E-state index is -0.845. The number of nitrogens with zero attached hydrogens (tertiary/aromatic N) is 3. The summed E-state index contributed by atoms with van der Waals surface area (Å²) < 4.78 is 1.72. The third-order valence-electron chi connectivity index (χ3n) is 3.72. The number of aliphatic carboxylic acids is 1. The molecule has 1 aromatic carbocycles. The van der Waals surface area contributed by atoms with E-state index in [1.807, 2.05) is 30.3 Å². The molecule has 0 bridgehead atoms. The van der Waals surface area contributed by atoms with Crippen LogP contribution in [0.1, 0.15) is 16.9 Å². The van der Waals surface area contributed by atoms with Crippen LogP contribution in [-0.4, -0.2) is 44.5 Å². The summed E-state index contributed by atoms with van der Waals surface area (Å²) in [6.45, 7) is 0.726. The van der Waals surface area contributed by atoms with E-state index in [2.05, 4.69) is 4.98 Å². The van der Waals surface area contributed by atoms with Gasteiger partial charge in [-0.25, -0.2) is 4.98 Å². The van der Waals surface area contributed by atoms with Crippen LogP contribution in [0.4, 0.5) is 0 Å². The van der Waals surface area contributed by atoms with Gasteiger partial charge in [0.05, 0.1) is 18.4 Å².